The lowest BCUT2D eigenvalue weighted by Crippen LogP contribution is -2.09. The van der Waals surface area contributed by atoms with Crippen molar-refractivity contribution in [1.82, 2.24) is 10.1 Å². The van der Waals surface area contributed by atoms with E-state index in [2.05, 4.69) is 21.5 Å². The van der Waals surface area contributed by atoms with Gasteiger partial charge in [-0.3, -0.25) is 9.59 Å². The number of carbonyl (C=O) groups is 2. The summed E-state index contributed by atoms with van der Waals surface area (Å²) >= 11 is 0. The van der Waals surface area contributed by atoms with Crippen molar-refractivity contribution in [3.8, 4) is 28.5 Å². The number of anilines is 2. The van der Waals surface area contributed by atoms with Gasteiger partial charge in [-0.25, -0.2) is 4.98 Å². The van der Waals surface area contributed by atoms with Crippen molar-refractivity contribution in [3.63, 3.8) is 0 Å². The summed E-state index contributed by atoms with van der Waals surface area (Å²) in [5, 5.41) is 23.2. The number of aryl methyl sites for hydroxylation is 2. The van der Waals surface area contributed by atoms with Crippen LogP contribution in [0.2, 0.25) is 0 Å². The minimum Gasteiger partial charge on any atom is -0.483 e. The second kappa shape index (κ2) is 9.84. The highest BCUT2D eigenvalue weighted by Crippen LogP contribution is 2.35. The first-order valence-corrected chi connectivity index (χ1v) is 8.98. The first kappa shape index (κ1) is 22.1. The Bertz CT molecular complexity index is 1100. The molecule has 0 aliphatic rings. The molecule has 0 aliphatic carbocycles. The second-order valence-corrected chi connectivity index (χ2v) is 6.21. The highest BCUT2D eigenvalue weighted by molar-refractivity contribution is 5.91. The molecule has 3 rings (SSSR count). The van der Waals surface area contributed by atoms with Gasteiger partial charge in [-0.1, -0.05) is 24.2 Å². The van der Waals surface area contributed by atoms with E-state index in [4.69, 9.17) is 20.2 Å². The van der Waals surface area contributed by atoms with Crippen LogP contribution in [0.3, 0.4) is 0 Å². The van der Waals surface area contributed by atoms with Gasteiger partial charge in [-0.05, 0) is 32.0 Å². The van der Waals surface area contributed by atoms with E-state index in [1.807, 2.05) is 25.1 Å². The number of nitriles is 1. The average Bonchev–Trinajstić information content (AvgIpc) is 3.06. The fraction of sp³-hybridized carbons (Fsp3) is 0.190. The molecular weight excluding hydrogens is 386 g/mol. The number of nitrogen functional groups attached to an aromatic ring is 1. The van der Waals surface area contributed by atoms with Crippen molar-refractivity contribution in [2.24, 2.45) is 0 Å². The van der Waals surface area contributed by atoms with Crippen LogP contribution in [0.15, 0.2) is 34.9 Å². The Morgan fingerprint density at radius 1 is 1.37 bits per heavy atom. The molecule has 154 valence electrons. The Morgan fingerprint density at radius 2 is 2.07 bits per heavy atom. The second-order valence-electron chi connectivity index (χ2n) is 6.21. The van der Waals surface area contributed by atoms with Gasteiger partial charge < -0.3 is 20.7 Å². The molecule has 1 amide bonds. The predicted molar refractivity (Wildman–Crippen MR) is 111 cm³/mol. The number of hydrogen-bond donors (Lipinski definition) is 3. The van der Waals surface area contributed by atoms with Crippen LogP contribution in [-0.4, -0.2) is 27.6 Å². The number of carbonyl (C=O) groups excluding carboxylic acids is 1. The summed E-state index contributed by atoms with van der Waals surface area (Å²) in [5.41, 5.74) is 10.4. The van der Waals surface area contributed by atoms with E-state index in [-0.39, 0.29) is 23.8 Å². The van der Waals surface area contributed by atoms with Gasteiger partial charge in [0.15, 0.2) is 0 Å². The molecule has 2 heterocycles. The summed E-state index contributed by atoms with van der Waals surface area (Å²) in [6.07, 6.45) is 0.391. The number of pyridine rings is 1. The molecule has 0 fully saturated rings. The topological polar surface area (TPSA) is 155 Å². The molecule has 30 heavy (non-hydrogen) atoms. The monoisotopic (exact) mass is 407 g/mol. The Kier molecular flexibility index (Phi) is 7.25. The number of rotatable bonds is 4. The van der Waals surface area contributed by atoms with Crippen LogP contribution < -0.4 is 11.1 Å². The zero-order chi connectivity index (χ0) is 22.3. The number of nitrogens with one attached hydrogen (secondary N) is 1. The van der Waals surface area contributed by atoms with E-state index in [9.17, 15) is 10.1 Å². The van der Waals surface area contributed by atoms with Gasteiger partial charge in [0.05, 0.1) is 11.4 Å². The van der Waals surface area contributed by atoms with Gasteiger partial charge in [0.25, 0.3) is 6.47 Å². The van der Waals surface area contributed by atoms with Crippen molar-refractivity contribution in [2.75, 3.05) is 11.1 Å². The first-order chi connectivity index (χ1) is 14.4. The number of benzene rings is 1. The third kappa shape index (κ3) is 4.80. The SMILES string of the molecule is CCC(=O)Nc1cccc(-c2cc(-c3c(C)noc3C)c(C#N)c(N)n2)c1.O=CO. The Morgan fingerprint density at radius 3 is 2.63 bits per heavy atom. The molecule has 0 atom stereocenters. The maximum absolute atomic E-state index is 11.7. The lowest BCUT2D eigenvalue weighted by Gasteiger charge is -2.11. The number of aromatic nitrogens is 2. The van der Waals surface area contributed by atoms with Crippen LogP contribution in [0, 0.1) is 25.2 Å². The van der Waals surface area contributed by atoms with Gasteiger partial charge >= 0.3 is 0 Å². The molecule has 9 heteroatoms. The Hall–Kier alpha value is -4.19. The Labute approximate surface area is 173 Å². The van der Waals surface area contributed by atoms with Gasteiger partial charge in [0.2, 0.25) is 5.91 Å². The highest BCUT2D eigenvalue weighted by atomic mass is 16.5. The number of hydrogen-bond acceptors (Lipinski definition) is 7. The molecule has 0 spiro atoms. The average molecular weight is 407 g/mol. The summed E-state index contributed by atoms with van der Waals surface area (Å²) < 4.78 is 5.24. The van der Waals surface area contributed by atoms with Crippen LogP contribution in [0.4, 0.5) is 11.5 Å². The molecule has 0 radical (unpaired) electrons. The molecule has 0 bridgehead atoms. The minimum absolute atomic E-state index is 0.0733. The molecule has 0 unspecified atom stereocenters. The third-order valence-corrected chi connectivity index (χ3v) is 4.23. The summed E-state index contributed by atoms with van der Waals surface area (Å²) in [4.78, 5) is 24.4. The number of amides is 1. The van der Waals surface area contributed by atoms with Crippen LogP contribution in [0.25, 0.3) is 22.4 Å². The molecule has 2 aromatic heterocycles. The van der Waals surface area contributed by atoms with Crippen molar-refractivity contribution in [2.45, 2.75) is 27.2 Å². The third-order valence-electron chi connectivity index (χ3n) is 4.23. The largest absolute Gasteiger partial charge is 0.483 e. The van der Waals surface area contributed by atoms with Crippen LogP contribution >= 0.6 is 0 Å². The minimum atomic E-state index is -0.250. The van der Waals surface area contributed by atoms with Gasteiger partial charge in [-0.2, -0.15) is 5.26 Å². The van der Waals surface area contributed by atoms with E-state index in [0.29, 0.717) is 34.8 Å². The van der Waals surface area contributed by atoms with E-state index in [1.165, 1.54) is 0 Å². The predicted octanol–water partition coefficient (Wildman–Crippen LogP) is 3.52. The summed E-state index contributed by atoms with van der Waals surface area (Å²) in [5.74, 6) is 0.661. The molecule has 0 saturated carbocycles. The van der Waals surface area contributed by atoms with E-state index < -0.39 is 0 Å². The molecule has 1 aromatic carbocycles. The molecular formula is C21H21N5O4. The first-order valence-electron chi connectivity index (χ1n) is 8.98. The quantitative estimate of drug-likeness (QED) is 0.555. The fourth-order valence-corrected chi connectivity index (χ4v) is 2.90. The van der Waals surface area contributed by atoms with Crippen LogP contribution in [-0.2, 0) is 9.59 Å². The van der Waals surface area contributed by atoms with E-state index >= 15 is 0 Å². The summed E-state index contributed by atoms with van der Waals surface area (Å²) in [6.45, 7) is 5.13. The molecule has 0 saturated heterocycles. The summed E-state index contributed by atoms with van der Waals surface area (Å²) in [7, 11) is 0. The van der Waals surface area contributed by atoms with Crippen molar-refractivity contribution < 1.29 is 19.2 Å². The number of nitrogens with two attached hydrogens (primary N) is 1. The maximum atomic E-state index is 11.7. The van der Waals surface area contributed by atoms with Crippen molar-refractivity contribution >= 4 is 23.9 Å². The maximum Gasteiger partial charge on any atom is 0.290 e. The van der Waals surface area contributed by atoms with Crippen molar-refractivity contribution in [3.05, 3.63) is 47.3 Å². The standard InChI is InChI=1S/C20H19N5O2.CH2O2/c1-4-18(26)23-14-7-5-6-13(8-14)17-9-15(16(10-21)20(22)24-17)19-11(2)25-27-12(19)3;2-1-3/h5-9H,4H2,1-3H3,(H2,22,24)(H,23,26);1H,(H,2,3). The molecule has 9 nitrogen and oxygen atoms in total. The van der Waals surface area contributed by atoms with Gasteiger partial charge in [0.1, 0.15) is 23.2 Å². The van der Waals surface area contributed by atoms with E-state index in [0.717, 1.165) is 11.1 Å². The molecule has 4 N–H and O–H groups in total. The molecule has 0 aliphatic heterocycles. The Balaban J connectivity index is 0.00000101. The summed E-state index contributed by atoms with van der Waals surface area (Å²) in [6, 6.07) is 11.2. The zero-order valence-corrected chi connectivity index (χ0v) is 16.8. The number of carboxylic acid groups (broad SMARTS) is 1. The highest BCUT2D eigenvalue weighted by Gasteiger charge is 2.19. The zero-order valence-electron chi connectivity index (χ0n) is 16.8. The van der Waals surface area contributed by atoms with Crippen LogP contribution in [0.1, 0.15) is 30.4 Å². The van der Waals surface area contributed by atoms with Gasteiger partial charge in [0, 0.05) is 28.8 Å². The van der Waals surface area contributed by atoms with Crippen molar-refractivity contribution in [1.29, 1.82) is 5.26 Å². The van der Waals surface area contributed by atoms with Crippen LogP contribution in [0.5, 0.6) is 0 Å². The van der Waals surface area contributed by atoms with Gasteiger partial charge in [-0.15, -0.1) is 0 Å². The smallest absolute Gasteiger partial charge is 0.290 e. The lowest BCUT2D eigenvalue weighted by molar-refractivity contribution is -0.123. The number of nitrogens with zero attached hydrogens (tertiary/aromatic N) is 3. The van der Waals surface area contributed by atoms with E-state index in [1.54, 1.807) is 26.0 Å². The fourth-order valence-electron chi connectivity index (χ4n) is 2.90. The lowest BCUT2D eigenvalue weighted by atomic mass is 9.97. The molecule has 3 aromatic rings. The normalized spacial score (nSPS) is 9.80.